The second-order valence-corrected chi connectivity index (χ2v) is 18.0. The van der Waals surface area contributed by atoms with E-state index in [9.17, 15) is 0 Å². The number of para-hydroxylation sites is 4. The van der Waals surface area contributed by atoms with Crippen LogP contribution in [0.25, 0.3) is 111 Å². The molecule has 0 spiro atoms. The first-order valence-electron chi connectivity index (χ1n) is 23.7. The molecule has 2 heteroatoms. The molecular formula is C67H44O2. The van der Waals surface area contributed by atoms with Crippen molar-refractivity contribution in [3.05, 3.63) is 278 Å². The Morgan fingerprint density at radius 1 is 0.217 bits per heavy atom. The Labute approximate surface area is 401 Å². The second-order valence-electron chi connectivity index (χ2n) is 18.0. The molecule has 0 radical (unpaired) electrons. The van der Waals surface area contributed by atoms with Crippen LogP contribution in [0.15, 0.2) is 270 Å². The van der Waals surface area contributed by atoms with Crippen molar-refractivity contribution in [2.75, 3.05) is 0 Å². The van der Waals surface area contributed by atoms with Gasteiger partial charge in [0.05, 0.1) is 0 Å². The fraction of sp³-hybridized carbons (Fsp3) is 0.0149. The Morgan fingerprint density at radius 2 is 0.565 bits per heavy atom. The number of hydrogen-bond donors (Lipinski definition) is 0. The number of benzene rings is 11. The zero-order valence-electron chi connectivity index (χ0n) is 37.7. The molecule has 11 aromatic carbocycles. The van der Waals surface area contributed by atoms with E-state index in [1.54, 1.807) is 0 Å². The third kappa shape index (κ3) is 7.40. The minimum atomic E-state index is -0.0144. The first-order valence-corrected chi connectivity index (χ1v) is 23.7. The van der Waals surface area contributed by atoms with Crippen LogP contribution in [-0.4, -0.2) is 0 Å². The highest BCUT2D eigenvalue weighted by molar-refractivity contribution is 6.10. The molecule has 0 saturated carbocycles. The zero-order valence-corrected chi connectivity index (χ0v) is 37.7. The molecule has 0 amide bonds. The van der Waals surface area contributed by atoms with Gasteiger partial charge in [-0.1, -0.05) is 231 Å². The van der Waals surface area contributed by atoms with Crippen LogP contribution in [0, 0.1) is 0 Å². The molecule has 324 valence electrons. The van der Waals surface area contributed by atoms with Gasteiger partial charge in [-0.3, -0.25) is 0 Å². The molecule has 0 aliphatic rings. The molecule has 13 aromatic rings. The summed E-state index contributed by atoms with van der Waals surface area (Å²) in [7, 11) is 0. The van der Waals surface area contributed by atoms with E-state index in [1.807, 2.05) is 24.3 Å². The summed E-state index contributed by atoms with van der Waals surface area (Å²) >= 11 is 0. The predicted octanol–water partition coefficient (Wildman–Crippen LogP) is 18.7. The zero-order chi connectivity index (χ0) is 45.7. The third-order valence-electron chi connectivity index (χ3n) is 13.8. The Morgan fingerprint density at radius 3 is 1.07 bits per heavy atom. The molecule has 2 aromatic heterocycles. The van der Waals surface area contributed by atoms with Crippen molar-refractivity contribution in [2.24, 2.45) is 0 Å². The van der Waals surface area contributed by atoms with Gasteiger partial charge < -0.3 is 8.83 Å². The lowest BCUT2D eigenvalue weighted by Gasteiger charge is -2.21. The van der Waals surface area contributed by atoms with Crippen LogP contribution >= 0.6 is 0 Å². The molecule has 0 aliphatic heterocycles. The third-order valence-corrected chi connectivity index (χ3v) is 13.8. The number of rotatable bonds is 9. The lowest BCUT2D eigenvalue weighted by molar-refractivity contribution is 0.669. The monoisotopic (exact) mass is 880 g/mol. The summed E-state index contributed by atoms with van der Waals surface area (Å²) in [5.74, 6) is -0.0144. The molecule has 2 nitrogen and oxygen atoms in total. The summed E-state index contributed by atoms with van der Waals surface area (Å²) < 4.78 is 12.9. The van der Waals surface area contributed by atoms with E-state index in [2.05, 4.69) is 237 Å². The van der Waals surface area contributed by atoms with Crippen molar-refractivity contribution in [2.45, 2.75) is 5.92 Å². The average Bonchev–Trinajstić information content (AvgIpc) is 4.01. The summed E-state index contributed by atoms with van der Waals surface area (Å²) in [6.45, 7) is 0. The predicted molar refractivity (Wildman–Crippen MR) is 287 cm³/mol. The van der Waals surface area contributed by atoms with Crippen LogP contribution < -0.4 is 0 Å². The van der Waals surface area contributed by atoms with E-state index in [4.69, 9.17) is 8.83 Å². The lowest BCUT2D eigenvalue weighted by atomic mass is 9.83. The van der Waals surface area contributed by atoms with Crippen molar-refractivity contribution in [1.82, 2.24) is 0 Å². The maximum absolute atomic E-state index is 6.45. The molecule has 2 heterocycles. The highest BCUT2D eigenvalue weighted by Gasteiger charge is 2.20. The van der Waals surface area contributed by atoms with Crippen LogP contribution in [0.3, 0.4) is 0 Å². The van der Waals surface area contributed by atoms with Crippen LogP contribution in [0.4, 0.5) is 0 Å². The SMILES string of the molecule is c1ccc(-c2cccc(-c3cccc(C(c4ccc(-c5cccc(-c6cccc7c6oc6ccccc67)c5)cc4)c4ccc(-c5cccc(-c6cccc7c6oc6ccccc67)c5)cc4)c3)c2)cc1. The Bertz CT molecular complexity index is 3800. The van der Waals surface area contributed by atoms with Crippen molar-refractivity contribution in [3.8, 4) is 66.8 Å². The number of hydrogen-bond acceptors (Lipinski definition) is 2. The largest absolute Gasteiger partial charge is 0.455 e. The molecule has 0 aliphatic carbocycles. The van der Waals surface area contributed by atoms with E-state index in [-0.39, 0.29) is 5.92 Å². The van der Waals surface area contributed by atoms with Crippen LogP contribution in [0.5, 0.6) is 0 Å². The fourth-order valence-electron chi connectivity index (χ4n) is 10.4. The van der Waals surface area contributed by atoms with Gasteiger partial charge in [-0.2, -0.15) is 0 Å². The maximum atomic E-state index is 6.45. The minimum Gasteiger partial charge on any atom is -0.455 e. The lowest BCUT2D eigenvalue weighted by Crippen LogP contribution is -2.04. The van der Waals surface area contributed by atoms with Crippen LogP contribution in [0.1, 0.15) is 22.6 Å². The Hall–Kier alpha value is -8.98. The molecule has 13 rings (SSSR count). The van der Waals surface area contributed by atoms with Gasteiger partial charge in [0.1, 0.15) is 22.3 Å². The average molecular weight is 881 g/mol. The van der Waals surface area contributed by atoms with E-state index in [0.29, 0.717) is 0 Å². The smallest absolute Gasteiger partial charge is 0.143 e. The molecule has 0 unspecified atom stereocenters. The van der Waals surface area contributed by atoms with Gasteiger partial charge in [-0.05, 0) is 103 Å². The summed E-state index contributed by atoms with van der Waals surface area (Å²) in [6.07, 6.45) is 0. The van der Waals surface area contributed by atoms with Crippen LogP contribution in [-0.2, 0) is 0 Å². The summed E-state index contributed by atoms with van der Waals surface area (Å²) in [4.78, 5) is 0. The Kier molecular flexibility index (Phi) is 9.95. The van der Waals surface area contributed by atoms with Crippen molar-refractivity contribution < 1.29 is 8.83 Å². The Balaban J connectivity index is 0.867. The van der Waals surface area contributed by atoms with Gasteiger partial charge in [-0.15, -0.1) is 0 Å². The van der Waals surface area contributed by atoms with Crippen molar-refractivity contribution in [3.63, 3.8) is 0 Å². The van der Waals surface area contributed by atoms with Gasteiger partial charge in [0, 0.05) is 38.6 Å². The van der Waals surface area contributed by atoms with Gasteiger partial charge in [0.2, 0.25) is 0 Å². The fourth-order valence-corrected chi connectivity index (χ4v) is 10.4. The summed E-state index contributed by atoms with van der Waals surface area (Å²) in [5.41, 5.74) is 21.2. The van der Waals surface area contributed by atoms with Gasteiger partial charge in [0.15, 0.2) is 0 Å². The summed E-state index contributed by atoms with van der Waals surface area (Å²) in [5, 5.41) is 4.54. The highest BCUT2D eigenvalue weighted by Crippen LogP contribution is 2.41. The van der Waals surface area contributed by atoms with Crippen LogP contribution in [0.2, 0.25) is 0 Å². The van der Waals surface area contributed by atoms with E-state index in [1.165, 1.54) is 38.9 Å². The van der Waals surface area contributed by atoms with Gasteiger partial charge in [0.25, 0.3) is 0 Å². The number of furan rings is 2. The normalized spacial score (nSPS) is 11.6. The second kappa shape index (κ2) is 17.0. The van der Waals surface area contributed by atoms with E-state index in [0.717, 1.165) is 88.4 Å². The van der Waals surface area contributed by atoms with Gasteiger partial charge >= 0.3 is 0 Å². The van der Waals surface area contributed by atoms with E-state index >= 15 is 0 Å². The van der Waals surface area contributed by atoms with Crippen molar-refractivity contribution >= 4 is 43.9 Å². The van der Waals surface area contributed by atoms with Crippen molar-refractivity contribution in [1.29, 1.82) is 0 Å². The molecule has 0 N–H and O–H groups in total. The molecule has 0 atom stereocenters. The van der Waals surface area contributed by atoms with Gasteiger partial charge in [-0.25, -0.2) is 0 Å². The van der Waals surface area contributed by atoms with E-state index < -0.39 is 0 Å². The first-order chi connectivity index (χ1) is 34.2. The molecular weight excluding hydrogens is 837 g/mol. The molecule has 69 heavy (non-hydrogen) atoms. The highest BCUT2D eigenvalue weighted by atomic mass is 16.3. The minimum absolute atomic E-state index is 0.0144. The molecule has 0 fully saturated rings. The summed E-state index contributed by atoms with van der Waals surface area (Å²) in [6, 6.07) is 94.0. The molecule has 0 bridgehead atoms. The standard InChI is InChI=1S/C67H44O2/c1-2-14-44(15-3-1)49-16-8-19-52(40-49)53-20-11-23-56(43-53)65(47-36-32-45(33-37-47)50-17-9-21-54(41-50)57-26-12-28-61-59-24-4-6-30-63(59)68-66(57)61)48-38-34-46(35-39-48)51-18-10-22-55(42-51)58-27-13-29-62-60-25-5-7-31-64(60)69-67(58)62/h1-43,65H. The quantitative estimate of drug-likeness (QED) is 0.135. The maximum Gasteiger partial charge on any atom is 0.143 e. The topological polar surface area (TPSA) is 26.3 Å². The number of fused-ring (bicyclic) bond motifs is 6. The molecule has 0 saturated heterocycles. The first kappa shape index (κ1) is 40.3.